The SMILES string of the molecule is CC(C)(C)OC(=O)CCC1(NC(=O)OCc2ccccc2)CC1.[N-]=[N+]=NCC1(NC(=O)OCc2ccccc2)CC1. The highest BCUT2D eigenvalue weighted by atomic mass is 16.6. The van der Waals surface area contributed by atoms with Crippen LogP contribution in [-0.2, 0) is 32.2 Å². The third kappa shape index (κ3) is 12.2. The summed E-state index contributed by atoms with van der Waals surface area (Å²) in [6, 6.07) is 19.0. The van der Waals surface area contributed by atoms with Crippen LogP contribution in [0, 0.1) is 0 Å². The summed E-state index contributed by atoms with van der Waals surface area (Å²) >= 11 is 0. The highest BCUT2D eigenvalue weighted by Crippen LogP contribution is 2.40. The van der Waals surface area contributed by atoms with E-state index in [1.54, 1.807) is 0 Å². The molecule has 0 unspecified atom stereocenters. The Morgan fingerprint density at radius 1 is 0.829 bits per heavy atom. The number of nitrogens with one attached hydrogen (secondary N) is 2. The first kappa shape index (κ1) is 31.3. The summed E-state index contributed by atoms with van der Waals surface area (Å²) in [6.45, 7) is 6.30. The molecule has 220 valence electrons. The van der Waals surface area contributed by atoms with E-state index in [2.05, 4.69) is 20.7 Å². The van der Waals surface area contributed by atoms with E-state index < -0.39 is 17.8 Å². The Balaban J connectivity index is 0.000000232. The largest absolute Gasteiger partial charge is 0.460 e. The number of ether oxygens (including phenoxy) is 3. The Labute approximate surface area is 240 Å². The van der Waals surface area contributed by atoms with Crippen LogP contribution in [0.1, 0.15) is 70.4 Å². The topological polar surface area (TPSA) is 152 Å². The Hall–Kier alpha value is -4.24. The second kappa shape index (κ2) is 14.4. The zero-order chi connectivity index (χ0) is 29.8. The summed E-state index contributed by atoms with van der Waals surface area (Å²) in [4.78, 5) is 37.9. The molecule has 2 saturated carbocycles. The number of azide groups is 1. The van der Waals surface area contributed by atoms with Gasteiger partial charge in [0.05, 0.1) is 0 Å². The molecule has 0 bridgehead atoms. The van der Waals surface area contributed by atoms with Crippen molar-refractivity contribution < 1.29 is 28.6 Å². The van der Waals surface area contributed by atoms with Crippen LogP contribution in [0.5, 0.6) is 0 Å². The molecular weight excluding hydrogens is 526 g/mol. The molecule has 11 heteroatoms. The number of hydrogen-bond donors (Lipinski definition) is 2. The van der Waals surface area contributed by atoms with Crippen LogP contribution in [0.4, 0.5) is 9.59 Å². The highest BCUT2D eigenvalue weighted by Gasteiger charge is 2.45. The van der Waals surface area contributed by atoms with Gasteiger partial charge in [-0.2, -0.15) is 0 Å². The number of rotatable bonds is 11. The summed E-state index contributed by atoms with van der Waals surface area (Å²) in [6.07, 6.45) is 3.38. The molecule has 41 heavy (non-hydrogen) atoms. The maximum Gasteiger partial charge on any atom is 0.407 e. The van der Waals surface area contributed by atoms with Crippen LogP contribution in [0.2, 0.25) is 0 Å². The molecule has 2 fully saturated rings. The quantitative estimate of drug-likeness (QED) is 0.107. The number of carbonyl (C=O) groups is 3. The maximum absolute atomic E-state index is 11.9. The lowest BCUT2D eigenvalue weighted by molar-refractivity contribution is -0.155. The zero-order valence-electron chi connectivity index (χ0n) is 23.9. The minimum atomic E-state index is -0.476. The Kier molecular flexibility index (Phi) is 11.0. The number of amides is 2. The van der Waals surface area contributed by atoms with Crippen LogP contribution < -0.4 is 10.6 Å². The van der Waals surface area contributed by atoms with Crippen LogP contribution in [0.25, 0.3) is 10.4 Å². The number of nitrogens with zero attached hydrogens (tertiary/aromatic N) is 3. The minimum Gasteiger partial charge on any atom is -0.460 e. The lowest BCUT2D eigenvalue weighted by atomic mass is 10.1. The molecule has 2 aliphatic rings. The zero-order valence-corrected chi connectivity index (χ0v) is 23.9. The van der Waals surface area contributed by atoms with Gasteiger partial charge in [0.25, 0.3) is 0 Å². The number of alkyl carbamates (subject to hydrolysis) is 2. The van der Waals surface area contributed by atoms with Gasteiger partial charge in [-0.1, -0.05) is 65.8 Å². The van der Waals surface area contributed by atoms with Crippen LogP contribution >= 0.6 is 0 Å². The van der Waals surface area contributed by atoms with E-state index in [9.17, 15) is 14.4 Å². The number of hydrogen-bond acceptors (Lipinski definition) is 7. The average Bonchev–Trinajstić information content (AvgIpc) is 3.87. The summed E-state index contributed by atoms with van der Waals surface area (Å²) < 4.78 is 15.6. The van der Waals surface area contributed by atoms with E-state index in [-0.39, 0.29) is 36.8 Å². The van der Waals surface area contributed by atoms with Crippen molar-refractivity contribution in [1.82, 2.24) is 10.6 Å². The van der Waals surface area contributed by atoms with Gasteiger partial charge in [-0.15, -0.1) is 0 Å². The highest BCUT2D eigenvalue weighted by molar-refractivity contribution is 5.71. The van der Waals surface area contributed by atoms with Crippen molar-refractivity contribution in [2.24, 2.45) is 5.11 Å². The normalized spacial score (nSPS) is 15.5. The van der Waals surface area contributed by atoms with E-state index in [1.165, 1.54) is 0 Å². The van der Waals surface area contributed by atoms with E-state index >= 15 is 0 Å². The molecule has 2 aromatic rings. The van der Waals surface area contributed by atoms with Gasteiger partial charge in [-0.3, -0.25) is 4.79 Å². The minimum absolute atomic E-state index is 0.233. The monoisotopic (exact) mass is 565 g/mol. The fourth-order valence-electron chi connectivity index (χ4n) is 3.91. The molecule has 0 heterocycles. The number of benzene rings is 2. The Bertz CT molecular complexity index is 1200. The fourth-order valence-corrected chi connectivity index (χ4v) is 3.91. The maximum atomic E-state index is 11.9. The standard InChI is InChI=1S/C18H25NO4.C12H14N4O2/c1-17(2,3)23-15(20)9-10-18(11-12-18)19-16(21)22-13-14-7-5-4-6-8-14;13-16-14-9-12(6-7-12)15-11(17)18-8-10-4-2-1-3-5-10/h4-8H,9-13H2,1-3H3,(H,19,21);1-5H,6-9H2,(H,15,17). The lowest BCUT2D eigenvalue weighted by Crippen LogP contribution is -2.39. The molecule has 0 aliphatic heterocycles. The van der Waals surface area contributed by atoms with Crippen molar-refractivity contribution in [1.29, 1.82) is 0 Å². The molecule has 2 aromatic carbocycles. The van der Waals surface area contributed by atoms with Gasteiger partial charge in [0.1, 0.15) is 18.8 Å². The second-order valence-corrected chi connectivity index (χ2v) is 11.4. The van der Waals surface area contributed by atoms with Gasteiger partial charge < -0.3 is 24.8 Å². The van der Waals surface area contributed by atoms with Gasteiger partial charge in [-0.05, 0) is 69.5 Å². The molecular formula is C30H39N5O6. The molecule has 2 aliphatic carbocycles. The van der Waals surface area contributed by atoms with Crippen molar-refractivity contribution in [3.05, 3.63) is 82.2 Å². The molecule has 0 radical (unpaired) electrons. The Morgan fingerprint density at radius 3 is 1.71 bits per heavy atom. The number of esters is 1. The first-order valence-electron chi connectivity index (χ1n) is 13.7. The van der Waals surface area contributed by atoms with Crippen molar-refractivity contribution in [2.75, 3.05) is 6.54 Å². The predicted molar refractivity (Wildman–Crippen MR) is 153 cm³/mol. The van der Waals surface area contributed by atoms with Crippen LogP contribution in [0.3, 0.4) is 0 Å². The molecule has 0 saturated heterocycles. The van der Waals surface area contributed by atoms with Gasteiger partial charge in [0.15, 0.2) is 0 Å². The van der Waals surface area contributed by atoms with Crippen molar-refractivity contribution in [3.8, 4) is 0 Å². The molecule has 11 nitrogen and oxygen atoms in total. The van der Waals surface area contributed by atoms with E-state index in [1.807, 2.05) is 81.4 Å². The molecule has 0 spiro atoms. The van der Waals surface area contributed by atoms with Gasteiger partial charge >= 0.3 is 18.2 Å². The smallest absolute Gasteiger partial charge is 0.407 e. The van der Waals surface area contributed by atoms with Gasteiger partial charge in [-0.25, -0.2) is 9.59 Å². The average molecular weight is 566 g/mol. The number of carbonyl (C=O) groups excluding carboxylic acids is 3. The Morgan fingerprint density at radius 2 is 1.29 bits per heavy atom. The summed E-state index contributed by atoms with van der Waals surface area (Å²) in [7, 11) is 0. The first-order chi connectivity index (χ1) is 19.5. The molecule has 2 amide bonds. The molecule has 0 atom stereocenters. The van der Waals surface area contributed by atoms with Crippen molar-refractivity contribution >= 4 is 18.2 Å². The second-order valence-electron chi connectivity index (χ2n) is 11.4. The van der Waals surface area contributed by atoms with E-state index in [0.29, 0.717) is 12.8 Å². The van der Waals surface area contributed by atoms with Crippen molar-refractivity contribution in [3.63, 3.8) is 0 Å². The van der Waals surface area contributed by atoms with Crippen molar-refractivity contribution in [2.45, 2.75) is 89.2 Å². The van der Waals surface area contributed by atoms with Gasteiger partial charge in [0, 0.05) is 29.0 Å². The first-order valence-corrected chi connectivity index (χ1v) is 13.7. The fraction of sp³-hybridized carbons (Fsp3) is 0.500. The predicted octanol–water partition coefficient (Wildman–Crippen LogP) is 6.32. The lowest BCUT2D eigenvalue weighted by Gasteiger charge is -2.21. The van der Waals surface area contributed by atoms with Crippen LogP contribution in [-0.4, -0.2) is 41.4 Å². The van der Waals surface area contributed by atoms with E-state index in [0.717, 1.165) is 36.8 Å². The molecule has 4 rings (SSSR count). The van der Waals surface area contributed by atoms with E-state index in [4.69, 9.17) is 19.7 Å². The summed E-state index contributed by atoms with van der Waals surface area (Å²) in [5, 5.41) is 9.12. The molecule has 0 aromatic heterocycles. The summed E-state index contributed by atoms with van der Waals surface area (Å²) in [5.74, 6) is -0.233. The summed E-state index contributed by atoms with van der Waals surface area (Å²) in [5.41, 5.74) is 8.99. The third-order valence-corrected chi connectivity index (χ3v) is 6.53. The van der Waals surface area contributed by atoms with Gasteiger partial charge in [0.2, 0.25) is 0 Å². The molecule has 2 N–H and O–H groups in total. The third-order valence-electron chi connectivity index (χ3n) is 6.53. The van der Waals surface area contributed by atoms with Crippen LogP contribution in [0.15, 0.2) is 65.8 Å².